The first-order chi connectivity index (χ1) is 21.7. The number of hydrogen-bond donors (Lipinski definition) is 1. The van der Waals surface area contributed by atoms with Crippen LogP contribution in [-0.4, -0.2) is 82.5 Å². The van der Waals surface area contributed by atoms with E-state index in [0.29, 0.717) is 44.3 Å². The molecule has 0 aromatic rings. The van der Waals surface area contributed by atoms with E-state index in [0.717, 1.165) is 30.4 Å². The molecule has 4 fully saturated rings. The Hall–Kier alpha value is -2.98. The summed E-state index contributed by atoms with van der Waals surface area (Å²) < 4.78 is 24.4. The van der Waals surface area contributed by atoms with Crippen LogP contribution in [0.1, 0.15) is 86.5 Å². The summed E-state index contributed by atoms with van der Waals surface area (Å²) in [7, 11) is 0. The van der Waals surface area contributed by atoms with E-state index in [4.69, 9.17) is 18.9 Å². The minimum absolute atomic E-state index is 0.0995. The smallest absolute Gasteiger partial charge is 0.410 e. The third kappa shape index (κ3) is 4.07. The number of likely N-dealkylation sites (tertiary alicyclic amines) is 1. The monoisotopic (exact) mass is 637 g/mol. The van der Waals surface area contributed by atoms with Crippen molar-refractivity contribution < 1.29 is 43.2 Å². The summed E-state index contributed by atoms with van der Waals surface area (Å²) in [5.74, 6) is -1.95. The SMILES string of the molecule is CC(=O)O[C@H]1C=C([C@H](C)[C@H]2CC(C)=C(C)C(=O)O2)[C@@]2(C)CC[C@H]3[C@@H](C[C@H]4O[C@]45[C@@H](OC(=O)N4CCCCC4)C=CC(=O)[C@]35C)[C@]12O. The molecule has 10 nitrogen and oxygen atoms in total. The van der Waals surface area contributed by atoms with Crippen LogP contribution in [0, 0.1) is 28.6 Å². The number of epoxide rings is 1. The van der Waals surface area contributed by atoms with Crippen LogP contribution >= 0.6 is 0 Å². The first kappa shape index (κ1) is 31.6. The van der Waals surface area contributed by atoms with Crippen LogP contribution in [-0.2, 0) is 33.3 Å². The van der Waals surface area contributed by atoms with Gasteiger partial charge in [-0.05, 0) is 89.4 Å². The number of nitrogens with zero attached hydrogens (tertiary/aromatic N) is 1. The topological polar surface area (TPSA) is 132 Å². The minimum atomic E-state index is -1.53. The number of ether oxygens (including phenoxy) is 4. The average molecular weight is 638 g/mol. The Morgan fingerprint density at radius 1 is 1.07 bits per heavy atom. The normalized spacial score (nSPS) is 45.0. The maximum absolute atomic E-state index is 14.0. The lowest BCUT2D eigenvalue weighted by Gasteiger charge is -2.61. The number of carbonyl (C=O) groups is 4. The lowest BCUT2D eigenvalue weighted by molar-refractivity contribution is -0.224. The van der Waals surface area contributed by atoms with E-state index in [2.05, 4.69) is 0 Å². The molecule has 0 aromatic heterocycles. The second-order valence-electron chi connectivity index (χ2n) is 15.3. The highest BCUT2D eigenvalue weighted by atomic mass is 16.7. The number of cyclic esters (lactones) is 1. The molecule has 0 unspecified atom stereocenters. The van der Waals surface area contributed by atoms with Crippen molar-refractivity contribution in [1.82, 2.24) is 4.90 Å². The summed E-state index contributed by atoms with van der Waals surface area (Å²) >= 11 is 0. The van der Waals surface area contributed by atoms with Gasteiger partial charge in [-0.15, -0.1) is 0 Å². The zero-order chi connectivity index (χ0) is 33.0. The molecule has 2 saturated carbocycles. The van der Waals surface area contributed by atoms with Crippen molar-refractivity contribution in [2.75, 3.05) is 13.1 Å². The minimum Gasteiger partial charge on any atom is -0.458 e. The number of amides is 1. The zero-order valence-electron chi connectivity index (χ0n) is 27.8. The van der Waals surface area contributed by atoms with E-state index in [1.165, 1.54) is 13.0 Å². The highest BCUT2D eigenvalue weighted by Crippen LogP contribution is 2.74. The first-order valence-electron chi connectivity index (χ1n) is 17.0. The molecule has 2 saturated heterocycles. The van der Waals surface area contributed by atoms with Crippen LogP contribution in [0.15, 0.2) is 34.9 Å². The van der Waals surface area contributed by atoms with Crippen molar-refractivity contribution in [3.63, 3.8) is 0 Å². The van der Waals surface area contributed by atoms with Crippen LogP contribution in [0.4, 0.5) is 4.79 Å². The molecule has 1 N–H and O–H groups in total. The summed E-state index contributed by atoms with van der Waals surface area (Å²) in [6, 6.07) is 0. The summed E-state index contributed by atoms with van der Waals surface area (Å²) in [5.41, 5.74) is -1.91. The van der Waals surface area contributed by atoms with Crippen LogP contribution in [0.2, 0.25) is 0 Å². The standard InChI is InChI=1S/C36H47NO9/c1-19-16-26(44-31(40)20(19)2)21(3)24-17-29(43-22(4)38)35(42)25-18-30-36(46-30)28(45-32(41)37-14-8-7-9-15-37)11-10-27(39)34(36,6)23(25)12-13-33(24,35)5/h10-11,17,21,23,25-26,28-30,42H,7-9,12-16,18H2,1-6H3/t21-,23-,25+,26+,28-,29-,30+,33+,34-,35-,36+/m0/s1. The lowest BCUT2D eigenvalue weighted by atomic mass is 9.42. The summed E-state index contributed by atoms with van der Waals surface area (Å²) in [6.07, 6.45) is 7.31. The number of hydrogen-bond acceptors (Lipinski definition) is 9. The fourth-order valence-corrected chi connectivity index (χ4v) is 10.5. The molecule has 0 radical (unpaired) electrons. The number of aliphatic hydroxyl groups is 1. The van der Waals surface area contributed by atoms with Gasteiger partial charge < -0.3 is 29.0 Å². The third-order valence-corrected chi connectivity index (χ3v) is 13.3. The maximum Gasteiger partial charge on any atom is 0.410 e. The molecule has 46 heavy (non-hydrogen) atoms. The van der Waals surface area contributed by atoms with Crippen molar-refractivity contribution in [3.05, 3.63) is 34.9 Å². The van der Waals surface area contributed by atoms with Crippen LogP contribution in [0.25, 0.3) is 0 Å². The number of piperidine rings is 1. The second-order valence-corrected chi connectivity index (χ2v) is 15.3. The molecule has 3 heterocycles. The number of ketones is 1. The number of carbonyl (C=O) groups excluding carboxylic acids is 4. The predicted molar refractivity (Wildman–Crippen MR) is 165 cm³/mol. The van der Waals surface area contributed by atoms with Gasteiger partial charge in [-0.25, -0.2) is 9.59 Å². The molecule has 0 bridgehead atoms. The molecular weight excluding hydrogens is 590 g/mol. The molecule has 7 rings (SSSR count). The Labute approximate surface area is 270 Å². The Bertz CT molecular complexity index is 1470. The number of fused-ring (bicyclic) bond motifs is 4. The molecule has 250 valence electrons. The fraction of sp³-hybridized carbons (Fsp3) is 0.722. The van der Waals surface area contributed by atoms with Gasteiger partial charge in [0, 0.05) is 43.3 Å². The zero-order valence-corrected chi connectivity index (χ0v) is 27.8. The van der Waals surface area contributed by atoms with Crippen LogP contribution in [0.3, 0.4) is 0 Å². The molecule has 1 amide bonds. The van der Waals surface area contributed by atoms with E-state index in [-0.39, 0.29) is 29.7 Å². The van der Waals surface area contributed by atoms with Gasteiger partial charge in [0.15, 0.2) is 11.9 Å². The highest BCUT2D eigenvalue weighted by Gasteiger charge is 2.83. The van der Waals surface area contributed by atoms with Crippen LogP contribution < -0.4 is 0 Å². The molecule has 3 aliphatic heterocycles. The van der Waals surface area contributed by atoms with E-state index in [9.17, 15) is 24.3 Å². The van der Waals surface area contributed by atoms with E-state index in [1.807, 2.05) is 33.8 Å². The largest absolute Gasteiger partial charge is 0.458 e. The Balaban J connectivity index is 1.22. The van der Waals surface area contributed by atoms with Gasteiger partial charge in [-0.1, -0.05) is 25.0 Å². The second kappa shape index (κ2) is 10.5. The molecular formula is C36H47NO9. The fourth-order valence-electron chi connectivity index (χ4n) is 10.5. The molecule has 4 aliphatic carbocycles. The Morgan fingerprint density at radius 3 is 2.46 bits per heavy atom. The van der Waals surface area contributed by atoms with Gasteiger partial charge in [0.2, 0.25) is 0 Å². The van der Waals surface area contributed by atoms with E-state index in [1.54, 1.807) is 17.9 Å². The Morgan fingerprint density at radius 2 is 1.78 bits per heavy atom. The van der Waals surface area contributed by atoms with Gasteiger partial charge in [-0.3, -0.25) is 9.59 Å². The van der Waals surface area contributed by atoms with Gasteiger partial charge in [0.25, 0.3) is 0 Å². The third-order valence-electron chi connectivity index (χ3n) is 13.3. The lowest BCUT2D eigenvalue weighted by Crippen LogP contribution is -2.70. The van der Waals surface area contributed by atoms with E-state index >= 15 is 0 Å². The Kier molecular flexibility index (Phi) is 7.22. The molecule has 0 aromatic carbocycles. The molecule has 7 aliphatic rings. The number of allylic oxidation sites excluding steroid dienone is 1. The summed E-state index contributed by atoms with van der Waals surface area (Å²) in [6.45, 7) is 12.3. The quantitative estimate of drug-likeness (QED) is 0.204. The van der Waals surface area contributed by atoms with Crippen molar-refractivity contribution in [3.8, 4) is 0 Å². The molecule has 10 heteroatoms. The van der Waals surface area contributed by atoms with Crippen LogP contribution in [0.5, 0.6) is 0 Å². The van der Waals surface area contributed by atoms with E-state index < -0.39 is 58.3 Å². The van der Waals surface area contributed by atoms with Crippen molar-refractivity contribution in [1.29, 1.82) is 0 Å². The van der Waals surface area contributed by atoms with Crippen molar-refractivity contribution in [2.45, 2.75) is 122 Å². The predicted octanol–water partition coefficient (Wildman–Crippen LogP) is 4.59. The first-order valence-corrected chi connectivity index (χ1v) is 17.0. The molecule has 11 atom stereocenters. The average Bonchev–Trinajstić information content (AvgIpc) is 3.71. The van der Waals surface area contributed by atoms with Gasteiger partial charge >= 0.3 is 18.0 Å². The van der Waals surface area contributed by atoms with Crippen molar-refractivity contribution in [2.24, 2.45) is 28.6 Å². The highest BCUT2D eigenvalue weighted by molar-refractivity contribution is 5.98. The van der Waals surface area contributed by atoms with Gasteiger partial charge in [-0.2, -0.15) is 0 Å². The number of esters is 2. The molecule has 1 spiro atoms. The summed E-state index contributed by atoms with van der Waals surface area (Å²) in [4.78, 5) is 54.2. The number of rotatable bonds is 4. The maximum atomic E-state index is 14.0. The van der Waals surface area contributed by atoms with Gasteiger partial charge in [0.05, 0.1) is 11.5 Å². The van der Waals surface area contributed by atoms with Gasteiger partial charge in [0.1, 0.15) is 23.4 Å². The van der Waals surface area contributed by atoms with Crippen molar-refractivity contribution >= 4 is 23.8 Å². The summed E-state index contributed by atoms with van der Waals surface area (Å²) in [5, 5.41) is 13.1.